The van der Waals surface area contributed by atoms with Crippen molar-refractivity contribution in [3.8, 4) is 0 Å². The van der Waals surface area contributed by atoms with Gasteiger partial charge in [0.15, 0.2) is 0 Å². The molecule has 0 spiro atoms. The number of anilines is 1. The summed E-state index contributed by atoms with van der Waals surface area (Å²) in [5.74, 6) is -1.29. The molecule has 108 valence electrons. The first-order valence-corrected chi connectivity index (χ1v) is 7.35. The van der Waals surface area contributed by atoms with Crippen molar-refractivity contribution in [2.45, 2.75) is 18.7 Å². The van der Waals surface area contributed by atoms with Gasteiger partial charge in [0.05, 0.1) is 18.8 Å². The number of carbonyl (C=O) groups excluding carboxylic acids is 2. The maximum atomic E-state index is 12.5. The van der Waals surface area contributed by atoms with Gasteiger partial charge < -0.3 is 5.73 Å². The van der Waals surface area contributed by atoms with Crippen LogP contribution >= 0.6 is 0 Å². The number of benzene rings is 1. The van der Waals surface area contributed by atoms with Crippen LogP contribution < -0.4 is 11.1 Å². The normalized spacial score (nSPS) is 17.1. The highest BCUT2D eigenvalue weighted by Gasteiger charge is 2.34. The molecule has 1 aliphatic heterocycles. The van der Waals surface area contributed by atoms with Crippen LogP contribution in [0.15, 0.2) is 17.0 Å². The van der Waals surface area contributed by atoms with Gasteiger partial charge in [-0.1, -0.05) is 0 Å². The Hall–Kier alpha value is -1.93. The quantitative estimate of drug-likeness (QED) is 0.566. The van der Waals surface area contributed by atoms with E-state index in [1.165, 1.54) is 6.07 Å². The van der Waals surface area contributed by atoms with E-state index in [-0.39, 0.29) is 23.7 Å². The van der Waals surface area contributed by atoms with Gasteiger partial charge in [-0.3, -0.25) is 14.9 Å². The summed E-state index contributed by atoms with van der Waals surface area (Å²) in [4.78, 5) is 22.5. The number of nitrogens with two attached hydrogens (primary N) is 1. The number of piperazine rings is 1. The van der Waals surface area contributed by atoms with Crippen LogP contribution in [0, 0.1) is 13.8 Å². The van der Waals surface area contributed by atoms with E-state index in [0.717, 1.165) is 15.4 Å². The molecule has 2 amide bonds. The van der Waals surface area contributed by atoms with E-state index in [1.807, 2.05) is 6.92 Å². The molecule has 3 N–H and O–H groups in total. The highest BCUT2D eigenvalue weighted by atomic mass is 32.2. The Morgan fingerprint density at radius 3 is 2.15 bits per heavy atom. The van der Waals surface area contributed by atoms with Gasteiger partial charge in [-0.15, -0.1) is 0 Å². The number of nitrogens with zero attached hydrogens (tertiary/aromatic N) is 1. The van der Waals surface area contributed by atoms with Gasteiger partial charge >= 0.3 is 0 Å². The predicted molar refractivity (Wildman–Crippen MR) is 72.2 cm³/mol. The van der Waals surface area contributed by atoms with Crippen molar-refractivity contribution in [1.29, 1.82) is 0 Å². The van der Waals surface area contributed by atoms with Crippen molar-refractivity contribution in [3.05, 3.63) is 23.3 Å². The minimum atomic E-state index is -3.97. The average Bonchev–Trinajstić information content (AvgIpc) is 2.32. The summed E-state index contributed by atoms with van der Waals surface area (Å²) in [6, 6.07) is 3.02. The van der Waals surface area contributed by atoms with Crippen LogP contribution in [-0.2, 0) is 19.6 Å². The third-order valence-corrected chi connectivity index (χ3v) is 5.01. The molecule has 1 heterocycles. The molecule has 1 fully saturated rings. The van der Waals surface area contributed by atoms with Crippen LogP contribution in [0.5, 0.6) is 0 Å². The van der Waals surface area contributed by atoms with Crippen molar-refractivity contribution in [2.75, 3.05) is 18.8 Å². The molecule has 20 heavy (non-hydrogen) atoms. The van der Waals surface area contributed by atoms with Crippen LogP contribution in [-0.4, -0.2) is 37.6 Å². The molecule has 0 bridgehead atoms. The monoisotopic (exact) mass is 297 g/mol. The molecule has 2 rings (SSSR count). The Morgan fingerprint density at radius 1 is 1.10 bits per heavy atom. The van der Waals surface area contributed by atoms with Crippen LogP contribution in [0.4, 0.5) is 5.69 Å². The summed E-state index contributed by atoms with van der Waals surface area (Å²) in [6.45, 7) is 2.81. The van der Waals surface area contributed by atoms with Crippen LogP contribution in [0.25, 0.3) is 0 Å². The van der Waals surface area contributed by atoms with Crippen molar-refractivity contribution in [1.82, 2.24) is 9.62 Å². The number of carbonyl (C=O) groups is 2. The summed E-state index contributed by atoms with van der Waals surface area (Å²) in [5.41, 5.74) is 7.50. The van der Waals surface area contributed by atoms with Gasteiger partial charge in [-0.05, 0) is 37.1 Å². The lowest BCUT2D eigenvalue weighted by molar-refractivity contribution is -0.134. The van der Waals surface area contributed by atoms with Gasteiger partial charge in [0.25, 0.3) is 0 Å². The van der Waals surface area contributed by atoms with Gasteiger partial charge in [0, 0.05) is 0 Å². The summed E-state index contributed by atoms with van der Waals surface area (Å²) in [7, 11) is -3.97. The topological polar surface area (TPSA) is 110 Å². The third kappa shape index (κ3) is 2.52. The second kappa shape index (κ2) is 4.88. The summed E-state index contributed by atoms with van der Waals surface area (Å²) >= 11 is 0. The fraction of sp³-hybridized carbons (Fsp3) is 0.333. The van der Waals surface area contributed by atoms with Crippen molar-refractivity contribution in [3.63, 3.8) is 0 Å². The number of nitrogens with one attached hydrogen (secondary N) is 1. The summed E-state index contributed by atoms with van der Waals surface area (Å²) in [5, 5.41) is 2.05. The highest BCUT2D eigenvalue weighted by molar-refractivity contribution is 7.89. The Morgan fingerprint density at radius 2 is 1.60 bits per heavy atom. The molecule has 0 atom stereocenters. The Balaban J connectivity index is 2.47. The zero-order valence-electron chi connectivity index (χ0n) is 11.1. The zero-order chi connectivity index (χ0) is 15.1. The zero-order valence-corrected chi connectivity index (χ0v) is 12.0. The highest BCUT2D eigenvalue weighted by Crippen LogP contribution is 2.26. The first kappa shape index (κ1) is 14.5. The number of aryl methyl sites for hydroxylation is 2. The Kier molecular flexibility index (Phi) is 3.53. The minimum absolute atomic E-state index is 0.0805. The number of hydrogen-bond donors (Lipinski definition) is 2. The van der Waals surface area contributed by atoms with Crippen molar-refractivity contribution >= 4 is 27.5 Å². The number of sulfonamides is 1. The van der Waals surface area contributed by atoms with Crippen molar-refractivity contribution < 1.29 is 18.0 Å². The lowest BCUT2D eigenvalue weighted by Gasteiger charge is -2.25. The van der Waals surface area contributed by atoms with E-state index < -0.39 is 21.8 Å². The smallest absolute Gasteiger partial charge is 0.246 e. The largest absolute Gasteiger partial charge is 0.398 e. The van der Waals surface area contributed by atoms with E-state index in [0.29, 0.717) is 0 Å². The third-order valence-electron chi connectivity index (χ3n) is 3.16. The molecular weight excluding hydrogens is 282 g/mol. The summed E-state index contributed by atoms with van der Waals surface area (Å²) in [6.07, 6.45) is 0. The molecule has 1 aliphatic rings. The molecule has 1 aromatic carbocycles. The van der Waals surface area contributed by atoms with E-state index >= 15 is 0 Å². The lowest BCUT2D eigenvalue weighted by atomic mass is 10.1. The number of hydrogen-bond acceptors (Lipinski definition) is 5. The molecule has 0 saturated carbocycles. The first-order chi connectivity index (χ1) is 9.21. The first-order valence-electron chi connectivity index (χ1n) is 5.91. The second-order valence-electron chi connectivity index (χ2n) is 4.72. The molecule has 7 nitrogen and oxygen atoms in total. The molecule has 0 unspecified atom stereocenters. The van der Waals surface area contributed by atoms with Gasteiger partial charge in [0.2, 0.25) is 21.8 Å². The van der Waals surface area contributed by atoms with Crippen LogP contribution in [0.1, 0.15) is 11.1 Å². The summed E-state index contributed by atoms with van der Waals surface area (Å²) < 4.78 is 25.8. The van der Waals surface area contributed by atoms with E-state index in [9.17, 15) is 18.0 Å². The fourth-order valence-corrected chi connectivity index (χ4v) is 3.49. The second-order valence-corrected chi connectivity index (χ2v) is 6.63. The fourth-order valence-electron chi connectivity index (χ4n) is 1.96. The number of imide groups is 1. The molecule has 8 heteroatoms. The van der Waals surface area contributed by atoms with E-state index in [1.54, 1.807) is 13.0 Å². The molecule has 1 saturated heterocycles. The van der Waals surface area contributed by atoms with Crippen molar-refractivity contribution in [2.24, 2.45) is 0 Å². The van der Waals surface area contributed by atoms with Crippen LogP contribution in [0.3, 0.4) is 0 Å². The molecule has 0 aromatic heterocycles. The van der Waals surface area contributed by atoms with Gasteiger partial charge in [0.1, 0.15) is 4.90 Å². The standard InChI is InChI=1S/C12H15N3O4S/c1-7-3-9(13)10(4-8(7)2)20(18,19)15-5-11(16)14-12(17)6-15/h3-4H,5-6,13H2,1-2H3,(H,14,16,17). The minimum Gasteiger partial charge on any atom is -0.398 e. The Bertz CT molecular complexity index is 681. The SMILES string of the molecule is Cc1cc(N)c(S(=O)(=O)N2CC(=O)NC(=O)C2)cc1C. The number of nitrogen functional groups attached to an aromatic ring is 1. The Labute approximate surface area is 116 Å². The predicted octanol–water partition coefficient (Wildman–Crippen LogP) is -0.467. The number of amides is 2. The maximum Gasteiger partial charge on any atom is 0.246 e. The molecule has 0 radical (unpaired) electrons. The molecular formula is C12H15N3O4S. The average molecular weight is 297 g/mol. The maximum absolute atomic E-state index is 12.5. The number of rotatable bonds is 2. The van der Waals surface area contributed by atoms with Crippen LogP contribution in [0.2, 0.25) is 0 Å². The van der Waals surface area contributed by atoms with E-state index in [4.69, 9.17) is 5.73 Å². The lowest BCUT2D eigenvalue weighted by Crippen LogP contribution is -2.53. The molecule has 1 aromatic rings. The van der Waals surface area contributed by atoms with E-state index in [2.05, 4.69) is 5.32 Å². The van der Waals surface area contributed by atoms with Gasteiger partial charge in [-0.25, -0.2) is 8.42 Å². The molecule has 0 aliphatic carbocycles. The van der Waals surface area contributed by atoms with Gasteiger partial charge in [-0.2, -0.15) is 4.31 Å².